The Kier molecular flexibility index (Phi) is 3.96. The molecule has 0 fully saturated rings. The quantitative estimate of drug-likeness (QED) is 0.735. The summed E-state index contributed by atoms with van der Waals surface area (Å²) < 4.78 is 11.0. The van der Waals surface area contributed by atoms with Crippen LogP contribution in [0.1, 0.15) is 26.6 Å². The molecule has 0 unspecified atom stereocenters. The lowest BCUT2D eigenvalue weighted by molar-refractivity contribution is 0.0701. The summed E-state index contributed by atoms with van der Waals surface area (Å²) in [6, 6.07) is 5.55. The number of aromatic nitrogens is 2. The van der Waals surface area contributed by atoms with Crippen molar-refractivity contribution in [1.82, 2.24) is 9.97 Å². The van der Waals surface area contributed by atoms with E-state index in [1.54, 1.807) is 19.1 Å². The molecule has 0 aliphatic carbocycles. The molecule has 132 valence electrons. The summed E-state index contributed by atoms with van der Waals surface area (Å²) in [5.74, 6) is 0.681. The highest BCUT2D eigenvalue weighted by Gasteiger charge is 2.18. The fraction of sp³-hybridized carbons (Fsp3) is 0.167. The van der Waals surface area contributed by atoms with Crippen LogP contribution in [0.4, 0.5) is 0 Å². The molecule has 2 aromatic heterocycles. The molecule has 3 aromatic rings. The molecule has 0 amide bonds. The van der Waals surface area contributed by atoms with Crippen LogP contribution in [0.5, 0.6) is 11.5 Å². The van der Waals surface area contributed by atoms with E-state index in [0.717, 1.165) is 16.9 Å². The number of carbonyl (C=O) groups is 1. The number of aromatic carboxylic acids is 1. The van der Waals surface area contributed by atoms with Crippen LogP contribution in [0, 0.1) is 6.92 Å². The predicted molar refractivity (Wildman–Crippen MR) is 98.3 cm³/mol. The van der Waals surface area contributed by atoms with Gasteiger partial charge in [-0.2, -0.15) is 0 Å². The topological polar surface area (TPSA) is 102 Å². The highest BCUT2D eigenvalue weighted by atomic mass is 32.1. The largest absolute Gasteiger partial charge is 0.486 e. The highest BCUT2D eigenvalue weighted by Crippen LogP contribution is 2.31. The van der Waals surface area contributed by atoms with Crippen LogP contribution in [0.3, 0.4) is 0 Å². The minimum atomic E-state index is -1.06. The maximum atomic E-state index is 12.3. The summed E-state index contributed by atoms with van der Waals surface area (Å²) in [4.78, 5) is 31.1. The number of hydrogen-bond acceptors (Lipinski definition) is 6. The number of rotatable bonds is 3. The van der Waals surface area contributed by atoms with Gasteiger partial charge >= 0.3 is 5.97 Å². The molecule has 0 radical (unpaired) electrons. The molecule has 0 atom stereocenters. The van der Waals surface area contributed by atoms with Gasteiger partial charge in [0.1, 0.15) is 28.7 Å². The van der Waals surface area contributed by atoms with Gasteiger partial charge in [-0.05, 0) is 36.3 Å². The van der Waals surface area contributed by atoms with Crippen molar-refractivity contribution in [2.45, 2.75) is 6.92 Å². The number of benzene rings is 1. The molecule has 7 nitrogen and oxygen atoms in total. The second-order valence-electron chi connectivity index (χ2n) is 5.73. The Morgan fingerprint density at radius 2 is 2.04 bits per heavy atom. The van der Waals surface area contributed by atoms with Gasteiger partial charge < -0.3 is 19.6 Å². The van der Waals surface area contributed by atoms with E-state index in [-0.39, 0.29) is 10.4 Å². The SMILES string of the molecule is Cc1c(C(=O)O)sc2nc(/C=C/c3ccc4c(c3)OCCO4)[nH]c(=O)c12. The Balaban J connectivity index is 1.70. The Labute approximate surface area is 151 Å². The third-order valence-corrected chi connectivity index (χ3v) is 5.19. The normalized spacial score (nSPS) is 13.4. The van der Waals surface area contributed by atoms with Crippen LogP contribution in [0.2, 0.25) is 0 Å². The number of H-pyrrole nitrogens is 1. The average molecular weight is 370 g/mol. The molecule has 8 heteroatoms. The molecule has 0 bridgehead atoms. The van der Waals surface area contributed by atoms with Gasteiger partial charge in [-0.15, -0.1) is 11.3 Å². The number of nitrogens with one attached hydrogen (secondary N) is 1. The van der Waals surface area contributed by atoms with Gasteiger partial charge in [-0.3, -0.25) is 4.79 Å². The summed E-state index contributed by atoms with van der Waals surface area (Å²) in [6.07, 6.45) is 3.46. The number of aromatic amines is 1. The Hall–Kier alpha value is -3.13. The van der Waals surface area contributed by atoms with Crippen molar-refractivity contribution in [1.29, 1.82) is 0 Å². The average Bonchev–Trinajstić information content (AvgIpc) is 2.97. The first-order valence-corrected chi connectivity index (χ1v) is 8.69. The van der Waals surface area contributed by atoms with E-state index in [0.29, 0.717) is 46.3 Å². The minimum absolute atomic E-state index is 0.131. The molecular weight excluding hydrogens is 356 g/mol. The summed E-state index contributed by atoms with van der Waals surface area (Å²) in [7, 11) is 0. The summed E-state index contributed by atoms with van der Waals surface area (Å²) in [5.41, 5.74) is 0.956. The number of thiophene rings is 1. The fourth-order valence-corrected chi connectivity index (χ4v) is 3.81. The number of ether oxygens (including phenoxy) is 2. The highest BCUT2D eigenvalue weighted by molar-refractivity contribution is 7.20. The van der Waals surface area contributed by atoms with Gasteiger partial charge in [0.2, 0.25) is 0 Å². The molecule has 2 N–H and O–H groups in total. The van der Waals surface area contributed by atoms with Crippen molar-refractivity contribution in [3.05, 3.63) is 50.4 Å². The minimum Gasteiger partial charge on any atom is -0.486 e. The van der Waals surface area contributed by atoms with E-state index in [9.17, 15) is 14.7 Å². The zero-order valence-electron chi connectivity index (χ0n) is 13.7. The molecule has 26 heavy (non-hydrogen) atoms. The summed E-state index contributed by atoms with van der Waals surface area (Å²) in [6.45, 7) is 2.66. The van der Waals surface area contributed by atoms with Crippen LogP contribution >= 0.6 is 11.3 Å². The van der Waals surface area contributed by atoms with Gasteiger partial charge in [0.05, 0.1) is 5.39 Å². The molecule has 4 rings (SSSR count). The molecule has 1 aliphatic rings. The van der Waals surface area contributed by atoms with Crippen LogP contribution in [0.15, 0.2) is 23.0 Å². The first-order chi connectivity index (χ1) is 12.5. The van der Waals surface area contributed by atoms with Gasteiger partial charge in [0.25, 0.3) is 5.56 Å². The van der Waals surface area contributed by atoms with Gasteiger partial charge in [-0.25, -0.2) is 9.78 Å². The maximum Gasteiger partial charge on any atom is 0.346 e. The third-order valence-electron chi connectivity index (χ3n) is 4.01. The second kappa shape index (κ2) is 6.30. The molecule has 1 aliphatic heterocycles. The first-order valence-electron chi connectivity index (χ1n) is 7.87. The molecule has 3 heterocycles. The third kappa shape index (κ3) is 2.84. The summed E-state index contributed by atoms with van der Waals surface area (Å²) >= 11 is 1.000. The van der Waals surface area contributed by atoms with Gasteiger partial charge in [-0.1, -0.05) is 12.1 Å². The standard InChI is InChI=1S/C18H14N2O5S/c1-9-14-16(21)19-13(20-17(14)26-15(9)18(22)23)5-3-10-2-4-11-12(8-10)25-7-6-24-11/h2-5,8H,6-7H2,1H3,(H,22,23)(H,19,20,21)/b5-3+. The van der Waals surface area contributed by atoms with E-state index < -0.39 is 5.97 Å². The number of fused-ring (bicyclic) bond motifs is 2. The molecule has 0 saturated heterocycles. The molecule has 0 saturated carbocycles. The first kappa shape index (κ1) is 16.3. The van der Waals surface area contributed by atoms with Crippen molar-refractivity contribution in [3.8, 4) is 11.5 Å². The molecule has 1 aromatic carbocycles. The van der Waals surface area contributed by atoms with Gasteiger partial charge in [0, 0.05) is 0 Å². The Morgan fingerprint density at radius 3 is 2.81 bits per heavy atom. The number of nitrogens with zero attached hydrogens (tertiary/aromatic N) is 1. The van der Waals surface area contributed by atoms with E-state index in [2.05, 4.69) is 9.97 Å². The number of carboxylic acid groups (broad SMARTS) is 1. The monoisotopic (exact) mass is 370 g/mol. The molecular formula is C18H14N2O5S. The van der Waals surface area contributed by atoms with Gasteiger partial charge in [0.15, 0.2) is 11.5 Å². The lowest BCUT2D eigenvalue weighted by atomic mass is 10.1. The lowest BCUT2D eigenvalue weighted by Crippen LogP contribution is -2.15. The number of aryl methyl sites for hydroxylation is 1. The van der Waals surface area contributed by atoms with Crippen molar-refractivity contribution < 1.29 is 19.4 Å². The van der Waals surface area contributed by atoms with Crippen molar-refractivity contribution in [2.24, 2.45) is 0 Å². The van der Waals surface area contributed by atoms with Crippen LogP contribution in [-0.2, 0) is 0 Å². The van der Waals surface area contributed by atoms with E-state index >= 15 is 0 Å². The van der Waals surface area contributed by atoms with Crippen LogP contribution in [0.25, 0.3) is 22.4 Å². The molecule has 0 spiro atoms. The summed E-state index contributed by atoms with van der Waals surface area (Å²) in [5, 5.41) is 9.53. The predicted octanol–water partition coefficient (Wildman–Crippen LogP) is 2.93. The lowest BCUT2D eigenvalue weighted by Gasteiger charge is -2.18. The smallest absolute Gasteiger partial charge is 0.346 e. The van der Waals surface area contributed by atoms with Crippen molar-refractivity contribution in [2.75, 3.05) is 13.2 Å². The second-order valence-corrected chi connectivity index (χ2v) is 6.73. The van der Waals surface area contributed by atoms with E-state index in [1.807, 2.05) is 18.2 Å². The Bertz CT molecular complexity index is 1110. The maximum absolute atomic E-state index is 12.3. The van der Waals surface area contributed by atoms with E-state index in [1.165, 1.54) is 0 Å². The zero-order chi connectivity index (χ0) is 18.3. The van der Waals surface area contributed by atoms with Crippen LogP contribution < -0.4 is 15.0 Å². The Morgan fingerprint density at radius 1 is 1.27 bits per heavy atom. The number of hydrogen-bond donors (Lipinski definition) is 2. The van der Waals surface area contributed by atoms with Crippen molar-refractivity contribution in [3.63, 3.8) is 0 Å². The van der Waals surface area contributed by atoms with E-state index in [4.69, 9.17) is 9.47 Å². The fourth-order valence-electron chi connectivity index (χ4n) is 2.78. The zero-order valence-corrected chi connectivity index (χ0v) is 14.6. The number of carboxylic acids is 1. The van der Waals surface area contributed by atoms with Crippen LogP contribution in [-0.4, -0.2) is 34.3 Å². The van der Waals surface area contributed by atoms with Crippen molar-refractivity contribution >= 4 is 39.7 Å².